The van der Waals surface area contributed by atoms with Crippen molar-refractivity contribution in [3.63, 3.8) is 0 Å². The van der Waals surface area contributed by atoms with Crippen LogP contribution in [0.3, 0.4) is 0 Å². The molecule has 0 atom stereocenters. The fraction of sp³-hybridized carbons (Fsp3) is 0.471. The second-order valence-electron chi connectivity index (χ2n) is 5.79. The molecule has 124 valence electrons. The molecule has 2 aromatic rings. The lowest BCUT2D eigenvalue weighted by molar-refractivity contribution is -0.116. The number of amides is 1. The predicted octanol–water partition coefficient (Wildman–Crippen LogP) is 3.00. The van der Waals surface area contributed by atoms with Crippen molar-refractivity contribution in [2.75, 3.05) is 16.8 Å². The summed E-state index contributed by atoms with van der Waals surface area (Å²) in [4.78, 5) is 14.3. The lowest BCUT2D eigenvalue weighted by Crippen LogP contribution is -2.30. The van der Waals surface area contributed by atoms with E-state index >= 15 is 0 Å². The molecule has 0 aliphatic heterocycles. The van der Waals surface area contributed by atoms with Crippen molar-refractivity contribution < 1.29 is 4.79 Å². The highest BCUT2D eigenvalue weighted by atomic mass is 16.1. The Hall–Kier alpha value is -2.37. The molecule has 0 aliphatic rings. The Bertz CT molecular complexity index is 592. The van der Waals surface area contributed by atoms with E-state index in [4.69, 9.17) is 0 Å². The van der Waals surface area contributed by atoms with Crippen LogP contribution in [0.5, 0.6) is 0 Å². The number of rotatable bonds is 8. The van der Waals surface area contributed by atoms with Gasteiger partial charge in [-0.15, -0.1) is 0 Å². The third kappa shape index (κ3) is 5.09. The van der Waals surface area contributed by atoms with Crippen LogP contribution < -0.4 is 10.2 Å². The molecule has 1 amide bonds. The number of benzene rings is 1. The second-order valence-corrected chi connectivity index (χ2v) is 5.79. The number of nitrogens with one attached hydrogen (secondary N) is 2. The van der Waals surface area contributed by atoms with E-state index in [1.54, 1.807) is 6.20 Å². The normalized spacial score (nSPS) is 10.8. The zero-order valence-electron chi connectivity index (χ0n) is 14.0. The van der Waals surface area contributed by atoms with Crippen molar-refractivity contribution in [1.29, 1.82) is 0 Å². The average Bonchev–Trinajstić information content (AvgIpc) is 3.02. The molecular weight excluding hydrogens is 290 g/mol. The van der Waals surface area contributed by atoms with Crippen LogP contribution in [0.1, 0.15) is 39.3 Å². The SMILES string of the molecule is CCN(c1ccc(NC(=O)CCCc2cn[nH]n2)cc1)C(C)C. The van der Waals surface area contributed by atoms with Crippen molar-refractivity contribution in [2.45, 2.75) is 46.1 Å². The lowest BCUT2D eigenvalue weighted by atomic mass is 10.2. The second kappa shape index (κ2) is 8.31. The van der Waals surface area contributed by atoms with Crippen molar-refractivity contribution in [2.24, 2.45) is 0 Å². The number of anilines is 2. The molecule has 1 aromatic carbocycles. The molecule has 2 rings (SSSR count). The Morgan fingerprint density at radius 2 is 2.04 bits per heavy atom. The van der Waals surface area contributed by atoms with Gasteiger partial charge in [-0.2, -0.15) is 15.4 Å². The quantitative estimate of drug-likeness (QED) is 0.785. The van der Waals surface area contributed by atoms with Crippen LogP contribution >= 0.6 is 0 Å². The molecule has 0 saturated carbocycles. The molecular formula is C17H25N5O. The molecule has 0 fully saturated rings. The number of H-pyrrole nitrogens is 1. The summed E-state index contributed by atoms with van der Waals surface area (Å²) < 4.78 is 0. The molecule has 0 unspecified atom stereocenters. The molecule has 6 nitrogen and oxygen atoms in total. The maximum Gasteiger partial charge on any atom is 0.224 e. The number of nitrogens with zero attached hydrogens (tertiary/aromatic N) is 3. The maximum absolute atomic E-state index is 12.0. The Morgan fingerprint density at radius 3 is 2.61 bits per heavy atom. The van der Waals surface area contributed by atoms with E-state index in [1.807, 2.05) is 12.1 Å². The largest absolute Gasteiger partial charge is 0.369 e. The standard InChI is InChI=1S/C17H25N5O/c1-4-22(13(2)3)16-10-8-14(9-11-16)19-17(23)7-5-6-15-12-18-21-20-15/h8-13H,4-7H2,1-3H3,(H,19,23)(H,18,20,21). The highest BCUT2D eigenvalue weighted by Gasteiger charge is 2.08. The van der Waals surface area contributed by atoms with Crippen LogP contribution in [-0.4, -0.2) is 33.9 Å². The van der Waals surface area contributed by atoms with Gasteiger partial charge < -0.3 is 10.2 Å². The van der Waals surface area contributed by atoms with Crippen LogP contribution in [0, 0.1) is 0 Å². The minimum Gasteiger partial charge on any atom is -0.369 e. The fourth-order valence-electron chi connectivity index (χ4n) is 2.58. The minimum absolute atomic E-state index is 0.0254. The van der Waals surface area contributed by atoms with Gasteiger partial charge in [0.2, 0.25) is 5.91 Å². The van der Waals surface area contributed by atoms with Gasteiger partial charge in [0.05, 0.1) is 11.9 Å². The summed E-state index contributed by atoms with van der Waals surface area (Å²) in [6.45, 7) is 7.46. The molecule has 0 spiro atoms. The van der Waals surface area contributed by atoms with Gasteiger partial charge in [-0.05, 0) is 57.9 Å². The Balaban J connectivity index is 1.81. The first-order valence-electron chi connectivity index (χ1n) is 8.11. The number of hydrogen-bond acceptors (Lipinski definition) is 4. The summed E-state index contributed by atoms with van der Waals surface area (Å²) in [5.41, 5.74) is 2.89. The van der Waals surface area contributed by atoms with E-state index in [9.17, 15) is 4.79 Å². The summed E-state index contributed by atoms with van der Waals surface area (Å²) in [5, 5.41) is 13.2. The zero-order valence-corrected chi connectivity index (χ0v) is 14.0. The van der Waals surface area contributed by atoms with Crippen LogP contribution in [0.25, 0.3) is 0 Å². The number of aryl methyl sites for hydroxylation is 1. The van der Waals surface area contributed by atoms with Gasteiger partial charge in [0.15, 0.2) is 0 Å². The Morgan fingerprint density at radius 1 is 1.30 bits per heavy atom. The summed E-state index contributed by atoms with van der Waals surface area (Å²) in [6.07, 6.45) is 3.67. The summed E-state index contributed by atoms with van der Waals surface area (Å²) in [7, 11) is 0. The maximum atomic E-state index is 12.0. The number of hydrogen-bond donors (Lipinski definition) is 2. The Labute approximate surface area is 137 Å². The van der Waals surface area contributed by atoms with Crippen LogP contribution in [0.15, 0.2) is 30.5 Å². The summed E-state index contributed by atoms with van der Waals surface area (Å²) in [5.74, 6) is 0.0254. The van der Waals surface area contributed by atoms with Gasteiger partial charge in [-0.1, -0.05) is 0 Å². The molecule has 0 radical (unpaired) electrons. The van der Waals surface area contributed by atoms with Gasteiger partial charge in [-0.3, -0.25) is 4.79 Å². The van der Waals surface area contributed by atoms with Crippen molar-refractivity contribution >= 4 is 17.3 Å². The fourth-order valence-corrected chi connectivity index (χ4v) is 2.58. The predicted molar refractivity (Wildman–Crippen MR) is 92.5 cm³/mol. The Kier molecular flexibility index (Phi) is 6.14. The van der Waals surface area contributed by atoms with Gasteiger partial charge in [-0.25, -0.2) is 0 Å². The van der Waals surface area contributed by atoms with E-state index in [-0.39, 0.29) is 5.91 Å². The van der Waals surface area contributed by atoms with Crippen molar-refractivity contribution in [3.8, 4) is 0 Å². The van der Waals surface area contributed by atoms with Gasteiger partial charge in [0.1, 0.15) is 0 Å². The average molecular weight is 315 g/mol. The van der Waals surface area contributed by atoms with Gasteiger partial charge >= 0.3 is 0 Å². The van der Waals surface area contributed by atoms with Crippen LogP contribution in [-0.2, 0) is 11.2 Å². The number of carbonyl (C=O) groups excluding carboxylic acids is 1. The van der Waals surface area contributed by atoms with E-state index in [0.29, 0.717) is 12.5 Å². The smallest absolute Gasteiger partial charge is 0.224 e. The number of carbonyl (C=O) groups is 1. The highest BCUT2D eigenvalue weighted by molar-refractivity contribution is 5.90. The highest BCUT2D eigenvalue weighted by Crippen LogP contribution is 2.20. The first kappa shape index (κ1) is 17.0. The molecule has 0 bridgehead atoms. The number of aromatic amines is 1. The first-order valence-corrected chi connectivity index (χ1v) is 8.11. The number of aromatic nitrogens is 3. The van der Waals surface area contributed by atoms with Crippen molar-refractivity contribution in [1.82, 2.24) is 15.4 Å². The van der Waals surface area contributed by atoms with E-state index < -0.39 is 0 Å². The molecule has 1 aromatic heterocycles. The monoisotopic (exact) mass is 315 g/mol. The third-order valence-electron chi connectivity index (χ3n) is 3.75. The molecule has 0 saturated heterocycles. The van der Waals surface area contributed by atoms with Crippen LogP contribution in [0.4, 0.5) is 11.4 Å². The third-order valence-corrected chi connectivity index (χ3v) is 3.75. The van der Waals surface area contributed by atoms with Crippen LogP contribution in [0.2, 0.25) is 0 Å². The van der Waals surface area contributed by atoms with E-state index in [2.05, 4.69) is 58.5 Å². The summed E-state index contributed by atoms with van der Waals surface area (Å²) in [6, 6.07) is 8.46. The topological polar surface area (TPSA) is 73.9 Å². The van der Waals surface area contributed by atoms with Gasteiger partial charge in [0.25, 0.3) is 0 Å². The molecule has 23 heavy (non-hydrogen) atoms. The molecule has 0 aliphatic carbocycles. The minimum atomic E-state index is 0.0254. The first-order chi connectivity index (χ1) is 11.1. The molecule has 2 N–H and O–H groups in total. The van der Waals surface area contributed by atoms with Crippen molar-refractivity contribution in [3.05, 3.63) is 36.2 Å². The lowest BCUT2D eigenvalue weighted by Gasteiger charge is -2.27. The van der Waals surface area contributed by atoms with E-state index in [1.165, 1.54) is 5.69 Å². The molecule has 6 heteroatoms. The van der Waals surface area contributed by atoms with Gasteiger partial charge in [0, 0.05) is 30.4 Å². The zero-order chi connectivity index (χ0) is 16.7. The van der Waals surface area contributed by atoms with E-state index in [0.717, 1.165) is 30.8 Å². The summed E-state index contributed by atoms with van der Waals surface area (Å²) >= 11 is 0. The molecule has 1 heterocycles.